The maximum absolute atomic E-state index is 12.7. The van der Waals surface area contributed by atoms with Gasteiger partial charge in [0.25, 0.3) is 0 Å². The Labute approximate surface area is 192 Å². The molecule has 6 nitrogen and oxygen atoms in total. The Kier molecular flexibility index (Phi) is 5.91. The average Bonchev–Trinajstić information content (AvgIpc) is 3.39. The maximum Gasteiger partial charge on any atom is 0.237 e. The number of nitrogens with zero attached hydrogens (tertiary/aromatic N) is 1. The molecule has 1 atom stereocenters. The van der Waals surface area contributed by atoms with Crippen molar-refractivity contribution in [3.63, 3.8) is 0 Å². The molecule has 0 radical (unpaired) electrons. The van der Waals surface area contributed by atoms with Crippen molar-refractivity contribution in [2.45, 2.75) is 37.9 Å². The van der Waals surface area contributed by atoms with E-state index in [1.807, 2.05) is 42.6 Å². The fourth-order valence-electron chi connectivity index (χ4n) is 4.70. The Balaban J connectivity index is 1.13. The predicted molar refractivity (Wildman–Crippen MR) is 130 cm³/mol. The van der Waals surface area contributed by atoms with Crippen LogP contribution in [-0.4, -0.2) is 45.9 Å². The van der Waals surface area contributed by atoms with Crippen LogP contribution in [0.5, 0.6) is 0 Å². The zero-order valence-corrected chi connectivity index (χ0v) is 18.7. The highest BCUT2D eigenvalue weighted by atomic mass is 35.5. The van der Waals surface area contributed by atoms with E-state index in [4.69, 9.17) is 17.3 Å². The van der Waals surface area contributed by atoms with Crippen LogP contribution in [0.15, 0.2) is 54.9 Å². The van der Waals surface area contributed by atoms with Gasteiger partial charge >= 0.3 is 0 Å². The van der Waals surface area contributed by atoms with Gasteiger partial charge in [-0.25, -0.2) is 0 Å². The van der Waals surface area contributed by atoms with Gasteiger partial charge in [0.2, 0.25) is 5.91 Å². The van der Waals surface area contributed by atoms with Crippen LogP contribution in [0.1, 0.15) is 24.0 Å². The fourth-order valence-corrected chi connectivity index (χ4v) is 4.87. The second-order valence-electron chi connectivity index (χ2n) is 8.73. The molecule has 1 saturated heterocycles. The summed E-state index contributed by atoms with van der Waals surface area (Å²) in [4.78, 5) is 21.7. The molecule has 32 heavy (non-hydrogen) atoms. The summed E-state index contributed by atoms with van der Waals surface area (Å²) < 4.78 is 0. The van der Waals surface area contributed by atoms with Crippen LogP contribution < -0.4 is 11.1 Å². The van der Waals surface area contributed by atoms with Crippen LogP contribution in [0.25, 0.3) is 21.8 Å². The number of amides is 1. The molecule has 1 fully saturated rings. The summed E-state index contributed by atoms with van der Waals surface area (Å²) in [6.45, 7) is 2.76. The smallest absolute Gasteiger partial charge is 0.237 e. The number of halogens is 1. The predicted octanol–water partition coefficient (Wildman–Crippen LogP) is 3.95. The van der Waals surface area contributed by atoms with Gasteiger partial charge in [-0.15, -0.1) is 0 Å². The minimum absolute atomic E-state index is 0.0694. The lowest BCUT2D eigenvalue weighted by molar-refractivity contribution is -0.123. The number of aromatic nitrogens is 2. The van der Waals surface area contributed by atoms with Crippen molar-refractivity contribution in [2.75, 3.05) is 13.1 Å². The Morgan fingerprint density at radius 2 is 1.78 bits per heavy atom. The number of H-pyrrole nitrogens is 2. The van der Waals surface area contributed by atoms with E-state index >= 15 is 0 Å². The van der Waals surface area contributed by atoms with Crippen LogP contribution in [0.3, 0.4) is 0 Å². The van der Waals surface area contributed by atoms with Crippen LogP contribution in [0.4, 0.5) is 0 Å². The van der Waals surface area contributed by atoms with Gasteiger partial charge in [-0.2, -0.15) is 0 Å². The first-order valence-electron chi connectivity index (χ1n) is 11.2. The number of para-hydroxylation sites is 1. The highest BCUT2D eigenvalue weighted by Crippen LogP contribution is 2.25. The van der Waals surface area contributed by atoms with Gasteiger partial charge in [0.05, 0.1) is 6.04 Å². The summed E-state index contributed by atoms with van der Waals surface area (Å²) in [5.74, 6) is -0.0694. The summed E-state index contributed by atoms with van der Waals surface area (Å²) in [6.07, 6.45) is 6.40. The summed E-state index contributed by atoms with van der Waals surface area (Å²) in [5, 5.41) is 6.23. The Bertz CT molecular complexity index is 1240. The number of nitrogens with two attached hydrogens (primary N) is 1. The zero-order chi connectivity index (χ0) is 22.1. The van der Waals surface area contributed by atoms with E-state index in [1.54, 1.807) is 0 Å². The van der Waals surface area contributed by atoms with Crippen molar-refractivity contribution in [1.29, 1.82) is 0 Å². The standard InChI is InChI=1S/C25H28ClN5O/c26-18-5-6-24-21(12-18)17(14-29-24)15-31-9-7-19(8-10-31)30-25(32)22(27)11-16-13-28-23-4-2-1-3-20(16)23/h1-6,12-14,19,22,28-29H,7-11,15,27H2,(H,30,32). The first-order chi connectivity index (χ1) is 15.6. The highest BCUT2D eigenvalue weighted by Gasteiger charge is 2.24. The summed E-state index contributed by atoms with van der Waals surface area (Å²) in [5.41, 5.74) is 10.8. The van der Waals surface area contributed by atoms with E-state index in [-0.39, 0.29) is 11.9 Å². The molecule has 1 aliphatic heterocycles. The van der Waals surface area contributed by atoms with E-state index < -0.39 is 6.04 Å². The van der Waals surface area contributed by atoms with Gasteiger partial charge in [0.1, 0.15) is 0 Å². The third-order valence-corrected chi connectivity index (χ3v) is 6.74. The molecule has 0 aliphatic carbocycles. The van der Waals surface area contributed by atoms with Crippen molar-refractivity contribution in [3.05, 3.63) is 71.0 Å². The van der Waals surface area contributed by atoms with Crippen LogP contribution in [0, 0.1) is 0 Å². The van der Waals surface area contributed by atoms with E-state index in [0.29, 0.717) is 6.42 Å². The largest absolute Gasteiger partial charge is 0.361 e. The normalized spacial score (nSPS) is 16.6. The third kappa shape index (κ3) is 4.39. The number of aromatic amines is 2. The van der Waals surface area contributed by atoms with Crippen molar-refractivity contribution < 1.29 is 4.79 Å². The summed E-state index contributed by atoms with van der Waals surface area (Å²) >= 11 is 6.18. The lowest BCUT2D eigenvalue weighted by Crippen LogP contribution is -2.50. The monoisotopic (exact) mass is 449 g/mol. The van der Waals surface area contributed by atoms with Crippen molar-refractivity contribution in [3.8, 4) is 0 Å². The highest BCUT2D eigenvalue weighted by molar-refractivity contribution is 6.31. The Hall–Kier alpha value is -2.80. The molecule has 0 saturated carbocycles. The molecule has 0 bridgehead atoms. The number of rotatable bonds is 6. The average molecular weight is 450 g/mol. The molecular weight excluding hydrogens is 422 g/mol. The number of piperidine rings is 1. The molecule has 1 amide bonds. The number of carbonyl (C=O) groups excluding carboxylic acids is 1. The maximum atomic E-state index is 12.7. The third-order valence-electron chi connectivity index (χ3n) is 6.51. The molecule has 3 heterocycles. The van der Waals surface area contributed by atoms with Gasteiger partial charge in [-0.3, -0.25) is 9.69 Å². The number of fused-ring (bicyclic) bond motifs is 2. The van der Waals surface area contributed by atoms with Crippen molar-refractivity contribution in [2.24, 2.45) is 5.73 Å². The SMILES string of the molecule is NC(Cc1c[nH]c2ccccc12)C(=O)NC1CCN(Cc2c[nH]c3ccc(Cl)cc23)CC1. The minimum atomic E-state index is -0.553. The van der Waals surface area contributed by atoms with Crippen molar-refractivity contribution >= 4 is 39.3 Å². The molecule has 2 aromatic carbocycles. The van der Waals surface area contributed by atoms with Crippen LogP contribution >= 0.6 is 11.6 Å². The van der Waals surface area contributed by atoms with Gasteiger partial charge < -0.3 is 21.0 Å². The number of benzene rings is 2. The Morgan fingerprint density at radius 3 is 2.59 bits per heavy atom. The molecule has 0 spiro atoms. The molecular formula is C25H28ClN5O. The minimum Gasteiger partial charge on any atom is -0.361 e. The van der Waals surface area contributed by atoms with E-state index in [9.17, 15) is 4.79 Å². The number of nitrogens with one attached hydrogen (secondary N) is 3. The molecule has 5 rings (SSSR count). The molecule has 1 aliphatic rings. The first kappa shape index (κ1) is 21.1. The molecule has 7 heteroatoms. The van der Waals surface area contributed by atoms with Gasteiger partial charge in [-0.05, 0) is 54.7 Å². The lowest BCUT2D eigenvalue weighted by atomic mass is 10.0. The molecule has 5 N–H and O–H groups in total. The molecule has 166 valence electrons. The second-order valence-corrected chi connectivity index (χ2v) is 9.17. The van der Waals surface area contributed by atoms with Gasteiger partial charge in [0.15, 0.2) is 0 Å². The van der Waals surface area contributed by atoms with Crippen molar-refractivity contribution in [1.82, 2.24) is 20.2 Å². The number of hydrogen-bond acceptors (Lipinski definition) is 3. The van der Waals surface area contributed by atoms with Crippen LogP contribution in [0.2, 0.25) is 5.02 Å². The zero-order valence-electron chi connectivity index (χ0n) is 17.9. The Morgan fingerprint density at radius 1 is 1.06 bits per heavy atom. The lowest BCUT2D eigenvalue weighted by Gasteiger charge is -2.32. The molecule has 2 aromatic heterocycles. The number of carbonyl (C=O) groups is 1. The van der Waals surface area contributed by atoms with Gasteiger partial charge in [-0.1, -0.05) is 29.8 Å². The molecule has 4 aromatic rings. The van der Waals surface area contributed by atoms with Gasteiger partial charge in [0, 0.05) is 64.9 Å². The molecule has 1 unspecified atom stereocenters. The fraction of sp³-hybridized carbons (Fsp3) is 0.320. The first-order valence-corrected chi connectivity index (χ1v) is 11.5. The second kappa shape index (κ2) is 8.98. The quantitative estimate of drug-likeness (QED) is 0.359. The number of likely N-dealkylation sites (tertiary alicyclic amines) is 1. The van der Waals surface area contributed by atoms with E-state index in [2.05, 4.69) is 32.4 Å². The van der Waals surface area contributed by atoms with E-state index in [0.717, 1.165) is 59.5 Å². The summed E-state index contributed by atoms with van der Waals surface area (Å²) in [7, 11) is 0. The van der Waals surface area contributed by atoms with Crippen LogP contribution in [-0.2, 0) is 17.8 Å². The topological polar surface area (TPSA) is 89.9 Å². The van der Waals surface area contributed by atoms with E-state index in [1.165, 1.54) is 10.9 Å². The summed E-state index contributed by atoms with van der Waals surface area (Å²) in [6, 6.07) is 13.6. The number of hydrogen-bond donors (Lipinski definition) is 4.